The number of carbonyl (C=O) groups excluding carboxylic acids is 1. The molecule has 0 bridgehead atoms. The maximum Gasteiger partial charge on any atom is 0.272 e. The van der Waals surface area contributed by atoms with Crippen LogP contribution >= 0.6 is 11.6 Å². The van der Waals surface area contributed by atoms with Crippen LogP contribution in [0.2, 0.25) is 5.02 Å². The highest BCUT2D eigenvalue weighted by molar-refractivity contribution is 6.31. The molecule has 0 aliphatic carbocycles. The zero-order valence-corrected chi connectivity index (χ0v) is 11.5. The molecule has 0 spiro atoms. The summed E-state index contributed by atoms with van der Waals surface area (Å²) in [7, 11) is 0. The van der Waals surface area contributed by atoms with E-state index < -0.39 is 0 Å². The molecule has 4 nitrogen and oxygen atoms in total. The first-order valence-electron chi connectivity index (χ1n) is 5.98. The summed E-state index contributed by atoms with van der Waals surface area (Å²) in [5, 5.41) is 13.0. The number of phenolic OH excluding ortho intramolecular Hbond substituents is 1. The van der Waals surface area contributed by atoms with Crippen LogP contribution in [0.25, 0.3) is 0 Å². The highest BCUT2D eigenvalue weighted by Gasteiger charge is 2.14. The van der Waals surface area contributed by atoms with Gasteiger partial charge in [0.25, 0.3) is 5.91 Å². The van der Waals surface area contributed by atoms with Crippen molar-refractivity contribution in [3.8, 4) is 5.75 Å². The summed E-state index contributed by atoms with van der Waals surface area (Å²) in [5.41, 5.74) is 1.78. The van der Waals surface area contributed by atoms with E-state index in [0.717, 1.165) is 5.56 Å². The van der Waals surface area contributed by atoms with E-state index >= 15 is 0 Å². The number of nitrogens with zero attached hydrogens (tertiary/aromatic N) is 1. The average Bonchev–Trinajstić information content (AvgIpc) is 2.74. The molecule has 0 aliphatic rings. The largest absolute Gasteiger partial charge is 0.506 e. The lowest BCUT2D eigenvalue weighted by Crippen LogP contribution is -2.16. The third kappa shape index (κ3) is 2.90. The number of halogens is 1. The molecule has 1 amide bonds. The Morgan fingerprint density at radius 1 is 1.42 bits per heavy atom. The molecule has 0 atom stereocenters. The third-order valence-electron chi connectivity index (χ3n) is 2.84. The average molecular weight is 279 g/mol. The second-order valence-electron chi connectivity index (χ2n) is 4.30. The molecule has 1 aromatic heterocycles. The normalized spacial score (nSPS) is 10.5. The molecule has 1 aromatic carbocycles. The lowest BCUT2D eigenvalue weighted by Gasteiger charge is -2.09. The van der Waals surface area contributed by atoms with Crippen LogP contribution in [0.3, 0.4) is 0 Å². The van der Waals surface area contributed by atoms with Crippen LogP contribution in [0.1, 0.15) is 23.0 Å². The van der Waals surface area contributed by atoms with Gasteiger partial charge in [-0.1, -0.05) is 17.7 Å². The molecule has 2 aromatic rings. The summed E-state index contributed by atoms with van der Waals surface area (Å²) in [4.78, 5) is 12.1. The van der Waals surface area contributed by atoms with Crippen molar-refractivity contribution in [3.05, 3.63) is 46.7 Å². The van der Waals surface area contributed by atoms with Gasteiger partial charge < -0.3 is 15.0 Å². The Morgan fingerprint density at radius 3 is 2.79 bits per heavy atom. The Morgan fingerprint density at radius 2 is 2.16 bits per heavy atom. The van der Waals surface area contributed by atoms with Crippen molar-refractivity contribution in [2.45, 2.75) is 20.4 Å². The Balaban J connectivity index is 2.25. The van der Waals surface area contributed by atoms with Crippen molar-refractivity contribution in [2.24, 2.45) is 0 Å². The van der Waals surface area contributed by atoms with Gasteiger partial charge >= 0.3 is 0 Å². The van der Waals surface area contributed by atoms with Crippen LogP contribution in [0.5, 0.6) is 5.75 Å². The lowest BCUT2D eigenvalue weighted by atomic mass is 10.2. The number of amides is 1. The number of aromatic nitrogens is 1. The standard InChI is InChI=1S/C14H15ClN2O2/c1-3-17-8-10(15)7-12(17)14(19)16-11-5-4-9(2)6-13(11)18/h4-8,18H,3H2,1-2H3,(H,16,19). The Kier molecular flexibility index (Phi) is 3.81. The maximum atomic E-state index is 12.1. The van der Waals surface area contributed by atoms with E-state index in [1.807, 2.05) is 19.9 Å². The Bertz CT molecular complexity index is 620. The lowest BCUT2D eigenvalue weighted by molar-refractivity contribution is 0.101. The number of anilines is 1. The second-order valence-corrected chi connectivity index (χ2v) is 4.74. The Hall–Kier alpha value is -1.94. The molecule has 2 N–H and O–H groups in total. The van der Waals surface area contributed by atoms with Crippen LogP contribution in [0.15, 0.2) is 30.5 Å². The highest BCUT2D eigenvalue weighted by Crippen LogP contribution is 2.25. The van der Waals surface area contributed by atoms with Crippen LogP contribution < -0.4 is 5.32 Å². The third-order valence-corrected chi connectivity index (χ3v) is 3.04. The van der Waals surface area contributed by atoms with Crippen molar-refractivity contribution in [1.29, 1.82) is 0 Å². The SMILES string of the molecule is CCn1cc(Cl)cc1C(=O)Nc1ccc(C)cc1O. The van der Waals surface area contributed by atoms with E-state index in [2.05, 4.69) is 5.32 Å². The number of rotatable bonds is 3. The number of aromatic hydroxyl groups is 1. The van der Waals surface area contributed by atoms with Gasteiger partial charge in [-0.2, -0.15) is 0 Å². The summed E-state index contributed by atoms with van der Waals surface area (Å²) in [6, 6.07) is 6.69. The molecule has 19 heavy (non-hydrogen) atoms. The Labute approximate surface area is 116 Å². The van der Waals surface area contributed by atoms with Gasteiger partial charge in [0.15, 0.2) is 0 Å². The molecule has 0 saturated carbocycles. The molecule has 100 valence electrons. The molecular formula is C14H15ClN2O2. The van der Waals surface area contributed by atoms with Gasteiger partial charge in [0.1, 0.15) is 11.4 Å². The minimum atomic E-state index is -0.298. The van der Waals surface area contributed by atoms with Crippen LogP contribution in [-0.2, 0) is 6.54 Å². The quantitative estimate of drug-likeness (QED) is 0.845. The molecule has 1 heterocycles. The van der Waals surface area contributed by atoms with Gasteiger partial charge in [-0.25, -0.2) is 0 Å². The van der Waals surface area contributed by atoms with E-state index in [4.69, 9.17) is 11.6 Å². The summed E-state index contributed by atoms with van der Waals surface area (Å²) in [6.07, 6.45) is 1.70. The van der Waals surface area contributed by atoms with Crippen molar-refractivity contribution in [1.82, 2.24) is 4.57 Å². The number of phenols is 1. The van der Waals surface area contributed by atoms with E-state index in [1.165, 1.54) is 0 Å². The van der Waals surface area contributed by atoms with Crippen LogP contribution in [0, 0.1) is 6.92 Å². The van der Waals surface area contributed by atoms with E-state index in [-0.39, 0.29) is 11.7 Å². The zero-order valence-electron chi connectivity index (χ0n) is 10.8. The smallest absolute Gasteiger partial charge is 0.272 e. The topological polar surface area (TPSA) is 54.3 Å². The molecule has 2 rings (SSSR count). The van der Waals surface area contributed by atoms with Crippen LogP contribution in [-0.4, -0.2) is 15.6 Å². The van der Waals surface area contributed by atoms with E-state index in [1.54, 1.807) is 29.0 Å². The highest BCUT2D eigenvalue weighted by atomic mass is 35.5. The van der Waals surface area contributed by atoms with Gasteiger partial charge in [-0.05, 0) is 37.6 Å². The summed E-state index contributed by atoms with van der Waals surface area (Å²) >= 11 is 5.89. The van der Waals surface area contributed by atoms with E-state index in [9.17, 15) is 9.90 Å². The fourth-order valence-corrected chi connectivity index (χ4v) is 2.08. The first-order valence-corrected chi connectivity index (χ1v) is 6.35. The van der Waals surface area contributed by atoms with Crippen molar-refractivity contribution >= 4 is 23.2 Å². The molecule has 0 radical (unpaired) electrons. The molecule has 0 unspecified atom stereocenters. The minimum absolute atomic E-state index is 0.0500. The summed E-state index contributed by atoms with van der Waals surface area (Å²) in [5.74, 6) is -0.248. The second kappa shape index (κ2) is 5.36. The first-order chi connectivity index (χ1) is 9.01. The van der Waals surface area contributed by atoms with Gasteiger partial charge in [-0.3, -0.25) is 4.79 Å². The van der Waals surface area contributed by atoms with Crippen molar-refractivity contribution in [2.75, 3.05) is 5.32 Å². The number of carbonyl (C=O) groups is 1. The maximum absolute atomic E-state index is 12.1. The molecular weight excluding hydrogens is 264 g/mol. The van der Waals surface area contributed by atoms with Crippen LogP contribution in [0.4, 0.5) is 5.69 Å². The summed E-state index contributed by atoms with van der Waals surface area (Å²) in [6.45, 7) is 4.44. The number of aryl methyl sites for hydroxylation is 2. The minimum Gasteiger partial charge on any atom is -0.506 e. The van der Waals surface area contributed by atoms with Gasteiger partial charge in [0.05, 0.1) is 10.7 Å². The van der Waals surface area contributed by atoms with Gasteiger partial charge in [0.2, 0.25) is 0 Å². The molecule has 0 fully saturated rings. The van der Waals surface area contributed by atoms with Gasteiger partial charge in [0, 0.05) is 12.7 Å². The number of benzene rings is 1. The number of hydrogen-bond donors (Lipinski definition) is 2. The first kappa shape index (κ1) is 13.5. The molecule has 0 saturated heterocycles. The summed E-state index contributed by atoms with van der Waals surface area (Å²) < 4.78 is 1.75. The van der Waals surface area contributed by atoms with Crippen molar-refractivity contribution in [3.63, 3.8) is 0 Å². The predicted octanol–water partition coefficient (Wildman–Crippen LogP) is 3.43. The van der Waals surface area contributed by atoms with Gasteiger partial charge in [-0.15, -0.1) is 0 Å². The predicted molar refractivity (Wildman–Crippen MR) is 75.9 cm³/mol. The molecule has 5 heteroatoms. The van der Waals surface area contributed by atoms with Crippen molar-refractivity contribution < 1.29 is 9.90 Å². The number of nitrogens with one attached hydrogen (secondary N) is 1. The fraction of sp³-hybridized carbons (Fsp3) is 0.214. The fourth-order valence-electron chi connectivity index (χ4n) is 1.86. The zero-order chi connectivity index (χ0) is 14.0. The number of hydrogen-bond acceptors (Lipinski definition) is 2. The van der Waals surface area contributed by atoms with E-state index in [0.29, 0.717) is 22.9 Å². The monoisotopic (exact) mass is 278 g/mol. The molecule has 0 aliphatic heterocycles.